The second-order valence-corrected chi connectivity index (χ2v) is 7.91. The third-order valence-corrected chi connectivity index (χ3v) is 5.54. The molecule has 0 saturated heterocycles. The maximum absolute atomic E-state index is 14.1. The van der Waals surface area contributed by atoms with E-state index in [1.54, 1.807) is 24.4 Å². The molecule has 0 spiro atoms. The van der Waals surface area contributed by atoms with Gasteiger partial charge in [-0.25, -0.2) is 9.18 Å². The molecule has 3 aromatic rings. The Bertz CT molecular complexity index is 1200. The number of nitrogens with one attached hydrogen (secondary N) is 2. The van der Waals surface area contributed by atoms with Gasteiger partial charge in [-0.3, -0.25) is 9.78 Å². The summed E-state index contributed by atoms with van der Waals surface area (Å²) in [6.45, 7) is 0. The summed E-state index contributed by atoms with van der Waals surface area (Å²) in [6, 6.07) is 12.5. The van der Waals surface area contributed by atoms with Gasteiger partial charge in [-0.05, 0) is 49.1 Å². The number of carbonyl (C=O) groups excluding carboxylic acids is 1. The van der Waals surface area contributed by atoms with Crippen LogP contribution in [0, 0.1) is 11.7 Å². The van der Waals surface area contributed by atoms with E-state index in [4.69, 9.17) is 9.90 Å². The Hall–Kier alpha value is -3.69. The van der Waals surface area contributed by atoms with Crippen molar-refractivity contribution in [1.29, 1.82) is 0 Å². The zero-order valence-corrected chi connectivity index (χ0v) is 17.1. The highest BCUT2D eigenvalue weighted by atomic mass is 19.4. The first-order chi connectivity index (χ1) is 15.6. The summed E-state index contributed by atoms with van der Waals surface area (Å²) in [4.78, 5) is 29.0. The molecule has 6 nitrogen and oxygen atoms in total. The van der Waals surface area contributed by atoms with Crippen LogP contribution >= 0.6 is 0 Å². The lowest BCUT2D eigenvalue weighted by molar-refractivity contribution is -0.192. The van der Waals surface area contributed by atoms with Crippen LogP contribution in [-0.4, -0.2) is 39.2 Å². The number of pyridine rings is 1. The van der Waals surface area contributed by atoms with Crippen molar-refractivity contribution in [2.45, 2.75) is 31.5 Å². The number of hydrogen-bond donors (Lipinski definition) is 3. The van der Waals surface area contributed by atoms with Crippen LogP contribution in [0.2, 0.25) is 0 Å². The molecule has 2 aromatic heterocycles. The molecule has 1 fully saturated rings. The molecule has 172 valence electrons. The number of halogens is 4. The average Bonchev–Trinajstić information content (AvgIpc) is 3.53. The number of carboxylic acid groups (broad SMARTS) is 1. The molecular formula is C23H19F4N3O3. The van der Waals surface area contributed by atoms with Crippen molar-refractivity contribution in [2.24, 2.45) is 5.92 Å². The van der Waals surface area contributed by atoms with Gasteiger partial charge in [0.15, 0.2) is 0 Å². The van der Waals surface area contributed by atoms with Crippen LogP contribution in [0.5, 0.6) is 0 Å². The molecule has 1 aromatic carbocycles. The number of hydrogen-bond acceptors (Lipinski definition) is 3. The van der Waals surface area contributed by atoms with E-state index in [1.165, 1.54) is 18.9 Å². The number of H-pyrrole nitrogens is 1. The van der Waals surface area contributed by atoms with E-state index in [0.717, 1.165) is 23.4 Å². The van der Waals surface area contributed by atoms with E-state index >= 15 is 0 Å². The number of nitrogens with zero attached hydrogens (tertiary/aromatic N) is 1. The van der Waals surface area contributed by atoms with E-state index in [2.05, 4.69) is 15.3 Å². The molecule has 3 N–H and O–H groups in total. The van der Waals surface area contributed by atoms with Crippen LogP contribution in [0.15, 0.2) is 48.7 Å². The maximum Gasteiger partial charge on any atom is 0.490 e. The smallest absolute Gasteiger partial charge is 0.475 e. The highest BCUT2D eigenvalue weighted by Gasteiger charge is 2.38. The standard InChI is InChI=1S/C21H18FN3O.C2HF3O2/c22-16-4-2-1-3-14(16)19-9-13(7-8-23-19)17-10-15-20(24-17)11-18(12-5-6-12)25-21(15)26;3-2(4,5)1(6)7/h1-4,7-10,12,18,24H,5-6,11H2,(H,25,26);(H,6,7). The van der Waals surface area contributed by atoms with Crippen molar-refractivity contribution in [3.63, 3.8) is 0 Å². The van der Waals surface area contributed by atoms with Gasteiger partial charge in [0, 0.05) is 41.2 Å². The fourth-order valence-corrected chi connectivity index (χ4v) is 3.73. The molecule has 10 heteroatoms. The predicted molar refractivity (Wildman–Crippen MR) is 111 cm³/mol. The Labute approximate surface area is 185 Å². The fraction of sp³-hybridized carbons (Fsp3) is 0.261. The number of aromatic nitrogens is 2. The summed E-state index contributed by atoms with van der Waals surface area (Å²) < 4.78 is 45.8. The van der Waals surface area contributed by atoms with Crippen molar-refractivity contribution in [1.82, 2.24) is 15.3 Å². The molecule has 1 unspecified atom stereocenters. The number of carboxylic acids is 1. The van der Waals surface area contributed by atoms with Gasteiger partial charge < -0.3 is 15.4 Å². The third kappa shape index (κ3) is 5.05. The van der Waals surface area contributed by atoms with E-state index < -0.39 is 12.1 Å². The number of carbonyl (C=O) groups is 2. The number of aromatic amines is 1. The number of fused-ring (bicyclic) bond motifs is 1. The predicted octanol–water partition coefficient (Wildman–Crippen LogP) is 4.58. The Morgan fingerprint density at radius 1 is 1.09 bits per heavy atom. The molecule has 3 heterocycles. The molecule has 0 radical (unpaired) electrons. The van der Waals surface area contributed by atoms with Gasteiger partial charge in [-0.2, -0.15) is 13.2 Å². The molecule has 5 rings (SSSR count). The molecule has 1 aliphatic carbocycles. The molecule has 33 heavy (non-hydrogen) atoms. The second kappa shape index (κ2) is 8.68. The Morgan fingerprint density at radius 2 is 1.79 bits per heavy atom. The molecule has 1 saturated carbocycles. The quantitative estimate of drug-likeness (QED) is 0.498. The van der Waals surface area contributed by atoms with Gasteiger partial charge in [0.2, 0.25) is 0 Å². The van der Waals surface area contributed by atoms with Crippen LogP contribution in [0.3, 0.4) is 0 Å². The maximum atomic E-state index is 14.1. The molecule has 0 bridgehead atoms. The minimum Gasteiger partial charge on any atom is -0.475 e. The lowest BCUT2D eigenvalue weighted by Gasteiger charge is -2.23. The summed E-state index contributed by atoms with van der Waals surface area (Å²) >= 11 is 0. The third-order valence-electron chi connectivity index (χ3n) is 5.54. The summed E-state index contributed by atoms with van der Waals surface area (Å²) in [5.41, 5.74) is 4.50. The summed E-state index contributed by atoms with van der Waals surface area (Å²) in [7, 11) is 0. The summed E-state index contributed by atoms with van der Waals surface area (Å²) in [6.07, 6.45) is -0.171. The minimum atomic E-state index is -5.08. The number of benzene rings is 1. The average molecular weight is 461 g/mol. The lowest BCUT2D eigenvalue weighted by atomic mass is 9.99. The first-order valence-electron chi connectivity index (χ1n) is 10.2. The van der Waals surface area contributed by atoms with Crippen molar-refractivity contribution >= 4 is 11.9 Å². The fourth-order valence-electron chi connectivity index (χ4n) is 3.73. The van der Waals surface area contributed by atoms with Gasteiger partial charge >= 0.3 is 12.1 Å². The summed E-state index contributed by atoms with van der Waals surface area (Å²) in [5, 5.41) is 10.2. The Morgan fingerprint density at radius 3 is 2.42 bits per heavy atom. The second-order valence-electron chi connectivity index (χ2n) is 7.91. The van der Waals surface area contributed by atoms with E-state index in [-0.39, 0.29) is 17.8 Å². The van der Waals surface area contributed by atoms with Gasteiger partial charge in [-0.15, -0.1) is 0 Å². The van der Waals surface area contributed by atoms with Gasteiger partial charge in [0.1, 0.15) is 5.82 Å². The van der Waals surface area contributed by atoms with E-state index in [1.807, 2.05) is 18.2 Å². The van der Waals surface area contributed by atoms with Gasteiger partial charge in [0.25, 0.3) is 5.91 Å². The summed E-state index contributed by atoms with van der Waals surface area (Å²) in [5.74, 6) is -2.44. The van der Waals surface area contributed by atoms with Crippen LogP contribution < -0.4 is 5.32 Å². The van der Waals surface area contributed by atoms with Crippen molar-refractivity contribution in [3.8, 4) is 22.5 Å². The van der Waals surface area contributed by atoms with Crippen LogP contribution in [-0.2, 0) is 11.2 Å². The first-order valence-corrected chi connectivity index (χ1v) is 10.2. The first kappa shape index (κ1) is 22.5. The normalized spacial score (nSPS) is 17.5. The Balaban J connectivity index is 0.000000325. The molecule has 2 aliphatic rings. The highest BCUT2D eigenvalue weighted by Crippen LogP contribution is 2.37. The largest absolute Gasteiger partial charge is 0.490 e. The highest BCUT2D eigenvalue weighted by molar-refractivity contribution is 5.98. The van der Waals surface area contributed by atoms with Crippen LogP contribution in [0.1, 0.15) is 28.9 Å². The monoisotopic (exact) mass is 461 g/mol. The molecule has 1 aliphatic heterocycles. The van der Waals surface area contributed by atoms with E-state index in [9.17, 15) is 22.4 Å². The van der Waals surface area contributed by atoms with Crippen molar-refractivity contribution in [3.05, 3.63) is 65.7 Å². The molecular weight excluding hydrogens is 442 g/mol. The zero-order valence-electron chi connectivity index (χ0n) is 17.1. The minimum absolute atomic E-state index is 0.00552. The molecule has 1 atom stereocenters. The van der Waals surface area contributed by atoms with Crippen LogP contribution in [0.4, 0.5) is 17.6 Å². The SMILES string of the molecule is O=C(O)C(F)(F)F.O=C1NC(C2CC2)Cc2[nH]c(-c3ccnc(-c4ccccc4F)c3)cc21. The van der Waals surface area contributed by atoms with Crippen molar-refractivity contribution in [2.75, 3.05) is 0 Å². The number of alkyl halides is 3. The lowest BCUT2D eigenvalue weighted by Crippen LogP contribution is -2.42. The zero-order chi connectivity index (χ0) is 23.8. The van der Waals surface area contributed by atoms with E-state index in [0.29, 0.717) is 22.7 Å². The number of rotatable bonds is 3. The number of amides is 1. The van der Waals surface area contributed by atoms with Crippen molar-refractivity contribution < 1.29 is 32.3 Å². The molecule has 1 amide bonds. The number of aliphatic carboxylic acids is 1. The topological polar surface area (TPSA) is 95.1 Å². The van der Waals surface area contributed by atoms with Gasteiger partial charge in [0.05, 0.1) is 11.3 Å². The van der Waals surface area contributed by atoms with Gasteiger partial charge in [-0.1, -0.05) is 12.1 Å². The Kier molecular flexibility index (Phi) is 5.92. The van der Waals surface area contributed by atoms with Crippen LogP contribution in [0.25, 0.3) is 22.5 Å².